The van der Waals surface area contributed by atoms with Gasteiger partial charge in [0, 0.05) is 31.7 Å². The van der Waals surface area contributed by atoms with Crippen LogP contribution in [0.4, 0.5) is 0 Å². The average molecular weight is 194 g/mol. The van der Waals surface area contributed by atoms with E-state index in [9.17, 15) is 4.79 Å². The molecule has 1 amide bonds. The molecule has 1 fully saturated rings. The van der Waals surface area contributed by atoms with Crippen molar-refractivity contribution < 1.29 is 4.79 Å². The van der Waals surface area contributed by atoms with Gasteiger partial charge in [0.15, 0.2) is 0 Å². The lowest BCUT2D eigenvalue weighted by Gasteiger charge is -2.08. The van der Waals surface area contributed by atoms with Crippen molar-refractivity contribution in [3.05, 3.63) is 24.0 Å². The quantitative estimate of drug-likeness (QED) is 0.523. The molecule has 0 spiro atoms. The van der Waals surface area contributed by atoms with Crippen LogP contribution in [-0.2, 0) is 0 Å². The summed E-state index contributed by atoms with van der Waals surface area (Å²) in [6.45, 7) is 2.52. The monoisotopic (exact) mass is 194 g/mol. The van der Waals surface area contributed by atoms with Gasteiger partial charge >= 0.3 is 0 Å². The lowest BCUT2D eigenvalue weighted by atomic mass is 10.1. The standard InChI is InChI=1S/C9H14N4O/c14-9(8-2-1-3-10-8)11-4-7-5-12-13-6-7/h1-3,7,10,12-13H,4-6H2,(H,11,14). The second kappa shape index (κ2) is 4.26. The third kappa shape index (κ3) is 2.12. The van der Waals surface area contributed by atoms with Crippen LogP contribution in [0.2, 0.25) is 0 Å². The lowest BCUT2D eigenvalue weighted by molar-refractivity contribution is 0.0944. The first kappa shape index (κ1) is 9.23. The predicted octanol–water partition coefficient (Wildman–Crippen LogP) is -0.531. The zero-order valence-corrected chi connectivity index (χ0v) is 7.84. The molecule has 2 rings (SSSR count). The number of aromatic nitrogens is 1. The second-order valence-electron chi connectivity index (χ2n) is 3.42. The zero-order chi connectivity index (χ0) is 9.80. The van der Waals surface area contributed by atoms with Crippen molar-refractivity contribution in [2.75, 3.05) is 19.6 Å². The molecule has 1 aliphatic rings. The Morgan fingerprint density at radius 1 is 1.50 bits per heavy atom. The molecule has 0 aliphatic carbocycles. The molecule has 1 aliphatic heterocycles. The van der Waals surface area contributed by atoms with Crippen molar-refractivity contribution in [3.8, 4) is 0 Å². The topological polar surface area (TPSA) is 69.0 Å². The van der Waals surface area contributed by atoms with Crippen molar-refractivity contribution in [1.29, 1.82) is 0 Å². The zero-order valence-electron chi connectivity index (χ0n) is 7.84. The molecular formula is C9H14N4O. The van der Waals surface area contributed by atoms with E-state index in [-0.39, 0.29) is 5.91 Å². The van der Waals surface area contributed by atoms with E-state index in [1.807, 2.05) is 6.07 Å². The largest absolute Gasteiger partial charge is 0.357 e. The maximum absolute atomic E-state index is 11.5. The predicted molar refractivity (Wildman–Crippen MR) is 52.6 cm³/mol. The van der Waals surface area contributed by atoms with Crippen LogP contribution in [0.15, 0.2) is 18.3 Å². The number of carbonyl (C=O) groups is 1. The Hall–Kier alpha value is -1.33. The third-order valence-corrected chi connectivity index (χ3v) is 2.30. The van der Waals surface area contributed by atoms with Crippen LogP contribution in [0.1, 0.15) is 10.5 Å². The maximum atomic E-state index is 11.5. The Morgan fingerprint density at radius 2 is 2.29 bits per heavy atom. The number of nitrogens with one attached hydrogen (secondary N) is 4. The van der Waals surface area contributed by atoms with Gasteiger partial charge in [0.1, 0.15) is 5.69 Å². The van der Waals surface area contributed by atoms with Crippen LogP contribution >= 0.6 is 0 Å². The third-order valence-electron chi connectivity index (χ3n) is 2.30. The van der Waals surface area contributed by atoms with E-state index in [4.69, 9.17) is 0 Å². The van der Waals surface area contributed by atoms with Crippen LogP contribution in [0.25, 0.3) is 0 Å². The molecule has 5 nitrogen and oxygen atoms in total. The Morgan fingerprint density at radius 3 is 2.93 bits per heavy atom. The maximum Gasteiger partial charge on any atom is 0.267 e. The van der Waals surface area contributed by atoms with E-state index in [2.05, 4.69) is 21.2 Å². The molecule has 14 heavy (non-hydrogen) atoms. The van der Waals surface area contributed by atoms with E-state index in [0.29, 0.717) is 18.2 Å². The fourth-order valence-electron chi connectivity index (χ4n) is 1.45. The summed E-state index contributed by atoms with van der Waals surface area (Å²) in [7, 11) is 0. The normalized spacial score (nSPS) is 17.1. The minimum atomic E-state index is -0.0399. The van der Waals surface area contributed by atoms with Crippen LogP contribution in [0.3, 0.4) is 0 Å². The molecule has 0 bridgehead atoms. The number of hydrogen-bond donors (Lipinski definition) is 4. The van der Waals surface area contributed by atoms with Crippen LogP contribution in [0, 0.1) is 5.92 Å². The summed E-state index contributed by atoms with van der Waals surface area (Å²) in [6.07, 6.45) is 1.74. The lowest BCUT2D eigenvalue weighted by Crippen LogP contribution is -2.31. The molecule has 0 saturated carbocycles. The van der Waals surface area contributed by atoms with Gasteiger partial charge < -0.3 is 10.3 Å². The highest BCUT2D eigenvalue weighted by Gasteiger charge is 2.15. The summed E-state index contributed by atoms with van der Waals surface area (Å²) in [5, 5.41) is 2.88. The molecule has 0 aromatic carbocycles. The Bertz CT molecular complexity index is 290. The van der Waals surface area contributed by atoms with Gasteiger partial charge in [-0.1, -0.05) is 0 Å². The summed E-state index contributed by atoms with van der Waals surface area (Å²) in [5.41, 5.74) is 6.66. The minimum Gasteiger partial charge on any atom is -0.357 e. The highest BCUT2D eigenvalue weighted by molar-refractivity contribution is 5.92. The molecule has 4 N–H and O–H groups in total. The van der Waals surface area contributed by atoms with Gasteiger partial charge in [-0.25, -0.2) is 0 Å². The van der Waals surface area contributed by atoms with Gasteiger partial charge in [-0.15, -0.1) is 0 Å². The fourth-order valence-corrected chi connectivity index (χ4v) is 1.45. The molecule has 76 valence electrons. The van der Waals surface area contributed by atoms with Crippen LogP contribution in [-0.4, -0.2) is 30.5 Å². The first-order valence-corrected chi connectivity index (χ1v) is 4.73. The Balaban J connectivity index is 1.78. The van der Waals surface area contributed by atoms with Gasteiger partial charge in [0.05, 0.1) is 0 Å². The Labute approximate surface area is 82.2 Å². The number of rotatable bonds is 3. The van der Waals surface area contributed by atoms with Crippen LogP contribution in [0.5, 0.6) is 0 Å². The minimum absolute atomic E-state index is 0.0399. The molecule has 5 heteroatoms. The van der Waals surface area contributed by atoms with Crippen molar-refractivity contribution in [2.24, 2.45) is 5.92 Å². The van der Waals surface area contributed by atoms with Crippen molar-refractivity contribution in [2.45, 2.75) is 0 Å². The van der Waals surface area contributed by atoms with E-state index in [0.717, 1.165) is 13.1 Å². The smallest absolute Gasteiger partial charge is 0.267 e. The number of amides is 1. The van der Waals surface area contributed by atoms with Crippen LogP contribution < -0.4 is 16.2 Å². The highest BCUT2D eigenvalue weighted by Crippen LogP contribution is 1.97. The molecule has 0 radical (unpaired) electrons. The summed E-state index contributed by atoms with van der Waals surface area (Å²) < 4.78 is 0. The average Bonchev–Trinajstić information content (AvgIpc) is 2.87. The van der Waals surface area contributed by atoms with E-state index in [1.165, 1.54) is 0 Å². The van der Waals surface area contributed by atoms with Gasteiger partial charge in [0.25, 0.3) is 5.91 Å². The summed E-state index contributed by atoms with van der Waals surface area (Å²) in [4.78, 5) is 14.3. The van der Waals surface area contributed by atoms with E-state index in [1.54, 1.807) is 12.3 Å². The molecule has 1 aromatic heterocycles. The SMILES string of the molecule is O=C(NCC1CNNC1)c1ccc[nH]1. The number of hydrazine groups is 1. The van der Waals surface area contributed by atoms with Crippen molar-refractivity contribution in [3.63, 3.8) is 0 Å². The van der Waals surface area contributed by atoms with Gasteiger partial charge in [-0.2, -0.15) is 0 Å². The summed E-state index contributed by atoms with van der Waals surface area (Å²) >= 11 is 0. The van der Waals surface area contributed by atoms with Crippen molar-refractivity contribution >= 4 is 5.91 Å². The van der Waals surface area contributed by atoms with Gasteiger partial charge in [-0.3, -0.25) is 15.6 Å². The van der Waals surface area contributed by atoms with Gasteiger partial charge in [-0.05, 0) is 12.1 Å². The van der Waals surface area contributed by atoms with Crippen molar-refractivity contribution in [1.82, 2.24) is 21.2 Å². The first-order chi connectivity index (χ1) is 6.86. The molecule has 2 heterocycles. The summed E-state index contributed by atoms with van der Waals surface area (Å²) in [5.74, 6) is 0.441. The highest BCUT2D eigenvalue weighted by atomic mass is 16.1. The molecular weight excluding hydrogens is 180 g/mol. The number of H-pyrrole nitrogens is 1. The fraction of sp³-hybridized carbons (Fsp3) is 0.444. The molecule has 1 saturated heterocycles. The van der Waals surface area contributed by atoms with E-state index < -0.39 is 0 Å². The molecule has 0 atom stereocenters. The number of aromatic amines is 1. The number of hydrogen-bond acceptors (Lipinski definition) is 3. The van der Waals surface area contributed by atoms with E-state index >= 15 is 0 Å². The summed E-state index contributed by atoms with van der Waals surface area (Å²) in [6, 6.07) is 3.58. The molecule has 0 unspecified atom stereocenters. The first-order valence-electron chi connectivity index (χ1n) is 4.73. The van der Waals surface area contributed by atoms with Gasteiger partial charge in [0.2, 0.25) is 0 Å². The number of carbonyl (C=O) groups excluding carboxylic acids is 1. The molecule has 1 aromatic rings. The second-order valence-corrected chi connectivity index (χ2v) is 3.42. The Kier molecular flexibility index (Phi) is 2.81.